The van der Waals surface area contributed by atoms with Gasteiger partial charge in [-0.2, -0.15) is 0 Å². The highest BCUT2D eigenvalue weighted by atomic mass is 16.6. The van der Waals surface area contributed by atoms with Crippen LogP contribution in [0.3, 0.4) is 0 Å². The van der Waals surface area contributed by atoms with Crippen LogP contribution in [0.1, 0.15) is 6.92 Å². The van der Waals surface area contributed by atoms with Crippen LogP contribution < -0.4 is 14.8 Å². The normalized spacial score (nSPS) is 18.8. The second-order valence-corrected chi connectivity index (χ2v) is 4.50. The van der Waals surface area contributed by atoms with Gasteiger partial charge in [0.2, 0.25) is 0 Å². The molecule has 1 aromatic rings. The SMILES string of the molecule is CCOc1ccccc1OCCNCC1COCCO1. The standard InChI is InChI=1S/C15H23NO4/c1-2-18-14-5-3-4-6-15(14)20-8-7-16-11-13-12-17-9-10-19-13/h3-6,13,16H,2,7-12H2,1H3. The summed E-state index contributed by atoms with van der Waals surface area (Å²) in [6, 6.07) is 7.72. The number of nitrogens with one attached hydrogen (secondary N) is 1. The van der Waals surface area contributed by atoms with Crippen LogP contribution in [0.15, 0.2) is 24.3 Å². The van der Waals surface area contributed by atoms with Crippen molar-refractivity contribution in [3.05, 3.63) is 24.3 Å². The van der Waals surface area contributed by atoms with Crippen LogP contribution in [0.5, 0.6) is 11.5 Å². The Labute approximate surface area is 120 Å². The van der Waals surface area contributed by atoms with E-state index < -0.39 is 0 Å². The van der Waals surface area contributed by atoms with Crippen molar-refractivity contribution in [2.24, 2.45) is 0 Å². The van der Waals surface area contributed by atoms with E-state index in [9.17, 15) is 0 Å². The fraction of sp³-hybridized carbons (Fsp3) is 0.600. The zero-order valence-electron chi connectivity index (χ0n) is 12.0. The number of hydrogen-bond acceptors (Lipinski definition) is 5. The summed E-state index contributed by atoms with van der Waals surface area (Å²) in [4.78, 5) is 0. The summed E-state index contributed by atoms with van der Waals surface area (Å²) in [5.41, 5.74) is 0. The highest BCUT2D eigenvalue weighted by molar-refractivity contribution is 5.39. The molecule has 5 nitrogen and oxygen atoms in total. The molecule has 1 aliphatic rings. The zero-order valence-corrected chi connectivity index (χ0v) is 12.0. The number of ether oxygens (including phenoxy) is 4. The summed E-state index contributed by atoms with van der Waals surface area (Å²) in [6.45, 7) is 6.80. The third-order valence-electron chi connectivity index (χ3n) is 2.94. The van der Waals surface area contributed by atoms with Crippen molar-refractivity contribution in [3.63, 3.8) is 0 Å². The van der Waals surface area contributed by atoms with Gasteiger partial charge in [-0.1, -0.05) is 12.1 Å². The first-order valence-electron chi connectivity index (χ1n) is 7.15. The highest BCUT2D eigenvalue weighted by Gasteiger charge is 2.13. The van der Waals surface area contributed by atoms with Crippen molar-refractivity contribution in [1.29, 1.82) is 0 Å². The van der Waals surface area contributed by atoms with Crippen LogP contribution in [-0.2, 0) is 9.47 Å². The molecule has 1 saturated heterocycles. The molecule has 0 bridgehead atoms. The molecule has 1 unspecified atom stereocenters. The largest absolute Gasteiger partial charge is 0.490 e. The molecule has 0 aromatic heterocycles. The minimum Gasteiger partial charge on any atom is -0.490 e. The molecular formula is C15H23NO4. The molecule has 1 atom stereocenters. The molecule has 1 aromatic carbocycles. The Bertz CT molecular complexity index is 380. The average molecular weight is 281 g/mol. The lowest BCUT2D eigenvalue weighted by Gasteiger charge is -2.23. The third-order valence-corrected chi connectivity index (χ3v) is 2.94. The van der Waals surface area contributed by atoms with E-state index in [2.05, 4.69) is 5.32 Å². The predicted octanol–water partition coefficient (Wildman–Crippen LogP) is 1.47. The molecular weight excluding hydrogens is 258 g/mol. The van der Waals surface area contributed by atoms with Gasteiger partial charge < -0.3 is 24.3 Å². The minimum atomic E-state index is 0.152. The molecule has 2 rings (SSSR count). The number of para-hydroxylation sites is 2. The van der Waals surface area contributed by atoms with Gasteiger partial charge in [0, 0.05) is 13.1 Å². The van der Waals surface area contributed by atoms with Gasteiger partial charge in [0.05, 0.1) is 32.5 Å². The Kier molecular flexibility index (Phi) is 6.63. The second kappa shape index (κ2) is 8.79. The smallest absolute Gasteiger partial charge is 0.161 e. The van der Waals surface area contributed by atoms with E-state index in [1.54, 1.807) is 0 Å². The van der Waals surface area contributed by atoms with Gasteiger partial charge in [0.1, 0.15) is 6.61 Å². The molecule has 0 aliphatic carbocycles. The summed E-state index contributed by atoms with van der Waals surface area (Å²) in [5, 5.41) is 3.31. The van der Waals surface area contributed by atoms with Crippen molar-refractivity contribution in [2.75, 3.05) is 46.1 Å². The molecule has 0 amide bonds. The first-order valence-corrected chi connectivity index (χ1v) is 7.15. The summed E-state index contributed by atoms with van der Waals surface area (Å²) >= 11 is 0. The van der Waals surface area contributed by atoms with Crippen LogP contribution >= 0.6 is 0 Å². The molecule has 20 heavy (non-hydrogen) atoms. The molecule has 0 saturated carbocycles. The van der Waals surface area contributed by atoms with Crippen molar-refractivity contribution in [3.8, 4) is 11.5 Å². The first-order chi connectivity index (χ1) is 9.90. The van der Waals surface area contributed by atoms with Crippen molar-refractivity contribution >= 4 is 0 Å². The van der Waals surface area contributed by atoms with Gasteiger partial charge in [-0.3, -0.25) is 0 Å². The van der Waals surface area contributed by atoms with Gasteiger partial charge in [-0.25, -0.2) is 0 Å². The zero-order chi connectivity index (χ0) is 14.0. The molecule has 112 valence electrons. The Morgan fingerprint density at radius 3 is 2.70 bits per heavy atom. The van der Waals surface area contributed by atoms with E-state index in [0.29, 0.717) is 33.0 Å². The van der Waals surface area contributed by atoms with Gasteiger partial charge in [0.25, 0.3) is 0 Å². The van der Waals surface area contributed by atoms with E-state index >= 15 is 0 Å². The fourth-order valence-electron chi connectivity index (χ4n) is 1.99. The molecule has 1 heterocycles. The predicted molar refractivity (Wildman–Crippen MR) is 76.5 cm³/mol. The van der Waals surface area contributed by atoms with Crippen LogP contribution in [0.25, 0.3) is 0 Å². The Hall–Kier alpha value is -1.30. The summed E-state index contributed by atoms with van der Waals surface area (Å²) < 4.78 is 22.1. The molecule has 1 N–H and O–H groups in total. The van der Waals surface area contributed by atoms with E-state index in [-0.39, 0.29) is 6.10 Å². The highest BCUT2D eigenvalue weighted by Crippen LogP contribution is 2.25. The molecule has 5 heteroatoms. The molecule has 0 radical (unpaired) electrons. The van der Waals surface area contributed by atoms with Gasteiger partial charge in [0.15, 0.2) is 11.5 Å². The quantitative estimate of drug-likeness (QED) is 0.731. The lowest BCUT2D eigenvalue weighted by Crippen LogP contribution is -2.38. The van der Waals surface area contributed by atoms with Crippen molar-refractivity contribution in [1.82, 2.24) is 5.32 Å². The molecule has 1 aliphatic heterocycles. The van der Waals surface area contributed by atoms with Crippen molar-refractivity contribution < 1.29 is 18.9 Å². The van der Waals surface area contributed by atoms with Crippen molar-refractivity contribution in [2.45, 2.75) is 13.0 Å². The summed E-state index contributed by atoms with van der Waals surface area (Å²) in [5.74, 6) is 1.58. The summed E-state index contributed by atoms with van der Waals surface area (Å²) in [6.07, 6.45) is 0.152. The Balaban J connectivity index is 1.63. The lowest BCUT2D eigenvalue weighted by atomic mass is 10.3. The topological polar surface area (TPSA) is 49.0 Å². The molecule has 0 spiro atoms. The maximum absolute atomic E-state index is 5.72. The van der Waals surface area contributed by atoms with Gasteiger partial charge in [-0.15, -0.1) is 0 Å². The monoisotopic (exact) mass is 281 g/mol. The number of hydrogen-bond donors (Lipinski definition) is 1. The summed E-state index contributed by atoms with van der Waals surface area (Å²) in [7, 11) is 0. The van der Waals surface area contributed by atoms with Crippen LogP contribution in [-0.4, -0.2) is 52.2 Å². The Morgan fingerprint density at radius 2 is 2.00 bits per heavy atom. The van der Waals surface area contributed by atoms with E-state index in [4.69, 9.17) is 18.9 Å². The number of benzene rings is 1. The van der Waals surface area contributed by atoms with E-state index in [1.165, 1.54) is 0 Å². The second-order valence-electron chi connectivity index (χ2n) is 4.50. The van der Waals surface area contributed by atoms with Gasteiger partial charge in [-0.05, 0) is 19.1 Å². The number of rotatable bonds is 8. The fourth-order valence-corrected chi connectivity index (χ4v) is 1.99. The van der Waals surface area contributed by atoms with E-state index in [1.807, 2.05) is 31.2 Å². The lowest BCUT2D eigenvalue weighted by molar-refractivity contribution is -0.0864. The Morgan fingerprint density at radius 1 is 1.20 bits per heavy atom. The van der Waals surface area contributed by atoms with Crippen LogP contribution in [0, 0.1) is 0 Å². The van der Waals surface area contributed by atoms with Crippen LogP contribution in [0.4, 0.5) is 0 Å². The maximum atomic E-state index is 5.72. The van der Waals surface area contributed by atoms with E-state index in [0.717, 1.165) is 24.6 Å². The molecule has 1 fully saturated rings. The third kappa shape index (κ3) is 5.00. The average Bonchev–Trinajstić information content (AvgIpc) is 2.50. The van der Waals surface area contributed by atoms with Crippen LogP contribution in [0.2, 0.25) is 0 Å². The van der Waals surface area contributed by atoms with Gasteiger partial charge >= 0.3 is 0 Å². The minimum absolute atomic E-state index is 0.152. The first kappa shape index (κ1) is 15.1. The maximum Gasteiger partial charge on any atom is 0.161 e.